The lowest BCUT2D eigenvalue weighted by Gasteiger charge is -2.15. The quantitative estimate of drug-likeness (QED) is 0.227. The Morgan fingerprint density at radius 2 is 0.800 bits per heavy atom. The van der Waals surface area contributed by atoms with Gasteiger partial charge in [0.05, 0.1) is 0 Å². The van der Waals surface area contributed by atoms with E-state index < -0.39 is 0 Å². The Kier molecular flexibility index (Phi) is 21.9. The minimum atomic E-state index is 0.823. The fraction of sp³-hybridized carbons (Fsp3) is 1.00. The van der Waals surface area contributed by atoms with Gasteiger partial charge in [-0.1, -0.05) is 110 Å². The standard InChI is InChI=1S/C23H50N2/c1-3-4-5-6-7-8-9-10-11-12-13-14-15-16-17-18-19-22-25(2)23-20-21-24/h3-24H2,1-2H3. The van der Waals surface area contributed by atoms with Crippen molar-refractivity contribution in [2.24, 2.45) is 5.73 Å². The molecule has 2 heteroatoms. The number of unbranched alkanes of at least 4 members (excludes halogenated alkanes) is 16. The second kappa shape index (κ2) is 22.0. The molecule has 0 aromatic carbocycles. The summed E-state index contributed by atoms with van der Waals surface area (Å²) in [5.41, 5.74) is 5.54. The molecule has 0 saturated carbocycles. The van der Waals surface area contributed by atoms with Crippen LogP contribution >= 0.6 is 0 Å². The van der Waals surface area contributed by atoms with Crippen LogP contribution in [0.1, 0.15) is 122 Å². The van der Waals surface area contributed by atoms with Crippen molar-refractivity contribution in [2.45, 2.75) is 122 Å². The molecule has 0 bridgehead atoms. The van der Waals surface area contributed by atoms with E-state index in [2.05, 4.69) is 18.9 Å². The van der Waals surface area contributed by atoms with Gasteiger partial charge in [0.25, 0.3) is 0 Å². The minimum Gasteiger partial charge on any atom is -0.330 e. The van der Waals surface area contributed by atoms with E-state index in [1.165, 1.54) is 116 Å². The van der Waals surface area contributed by atoms with E-state index in [4.69, 9.17) is 5.73 Å². The van der Waals surface area contributed by atoms with Crippen molar-refractivity contribution in [2.75, 3.05) is 26.7 Å². The van der Waals surface area contributed by atoms with Crippen molar-refractivity contribution >= 4 is 0 Å². The average molecular weight is 355 g/mol. The third-order valence-corrected chi connectivity index (χ3v) is 5.39. The van der Waals surface area contributed by atoms with Crippen LogP contribution in [0.3, 0.4) is 0 Å². The largest absolute Gasteiger partial charge is 0.330 e. The molecule has 25 heavy (non-hydrogen) atoms. The summed E-state index contributed by atoms with van der Waals surface area (Å²) in [5.74, 6) is 0. The first kappa shape index (κ1) is 24.9. The molecule has 2 N–H and O–H groups in total. The normalized spacial score (nSPS) is 11.5. The van der Waals surface area contributed by atoms with Crippen molar-refractivity contribution < 1.29 is 0 Å². The molecule has 0 atom stereocenters. The number of nitrogens with two attached hydrogens (primary N) is 1. The molecule has 0 rings (SSSR count). The molecular weight excluding hydrogens is 304 g/mol. The zero-order valence-corrected chi connectivity index (χ0v) is 17.9. The first-order valence-electron chi connectivity index (χ1n) is 11.7. The molecule has 0 amide bonds. The van der Waals surface area contributed by atoms with Gasteiger partial charge in [0.2, 0.25) is 0 Å². The lowest BCUT2D eigenvalue weighted by molar-refractivity contribution is 0.321. The highest BCUT2D eigenvalue weighted by Crippen LogP contribution is 2.14. The van der Waals surface area contributed by atoms with Crippen LogP contribution < -0.4 is 5.73 Å². The molecule has 0 saturated heterocycles. The van der Waals surface area contributed by atoms with Crippen molar-refractivity contribution in [3.05, 3.63) is 0 Å². The van der Waals surface area contributed by atoms with Crippen LogP contribution in [-0.4, -0.2) is 31.6 Å². The highest BCUT2D eigenvalue weighted by molar-refractivity contribution is 4.54. The van der Waals surface area contributed by atoms with E-state index in [9.17, 15) is 0 Å². The molecule has 0 aliphatic heterocycles. The van der Waals surface area contributed by atoms with E-state index >= 15 is 0 Å². The molecule has 0 aliphatic carbocycles. The van der Waals surface area contributed by atoms with E-state index in [1.54, 1.807) is 0 Å². The second-order valence-corrected chi connectivity index (χ2v) is 8.10. The molecule has 0 spiro atoms. The summed E-state index contributed by atoms with van der Waals surface area (Å²) in [4.78, 5) is 2.43. The van der Waals surface area contributed by atoms with Crippen LogP contribution in [0.25, 0.3) is 0 Å². The lowest BCUT2D eigenvalue weighted by Crippen LogP contribution is -2.22. The van der Waals surface area contributed by atoms with Gasteiger partial charge in [-0.2, -0.15) is 0 Å². The summed E-state index contributed by atoms with van der Waals surface area (Å²) in [7, 11) is 2.22. The SMILES string of the molecule is CCCCCCCCCCCCCCCCCCCN(C)CCCN. The van der Waals surface area contributed by atoms with E-state index in [-0.39, 0.29) is 0 Å². The molecule has 0 heterocycles. The Hall–Kier alpha value is -0.0800. The fourth-order valence-electron chi connectivity index (χ4n) is 3.58. The number of nitrogens with zero attached hydrogens (tertiary/aromatic N) is 1. The highest BCUT2D eigenvalue weighted by atomic mass is 15.1. The van der Waals surface area contributed by atoms with Gasteiger partial charge in [-0.25, -0.2) is 0 Å². The summed E-state index contributed by atoms with van der Waals surface area (Å²) < 4.78 is 0. The third-order valence-electron chi connectivity index (χ3n) is 5.39. The van der Waals surface area contributed by atoms with Crippen molar-refractivity contribution in [3.63, 3.8) is 0 Å². The molecule has 0 radical (unpaired) electrons. The molecule has 0 aromatic rings. The van der Waals surface area contributed by atoms with Crippen LogP contribution in [-0.2, 0) is 0 Å². The lowest BCUT2D eigenvalue weighted by atomic mass is 10.0. The van der Waals surface area contributed by atoms with Crippen molar-refractivity contribution in [3.8, 4) is 0 Å². The van der Waals surface area contributed by atoms with Gasteiger partial charge in [0, 0.05) is 0 Å². The number of rotatable bonds is 21. The fourth-order valence-corrected chi connectivity index (χ4v) is 3.58. The van der Waals surface area contributed by atoms with Crippen molar-refractivity contribution in [1.82, 2.24) is 4.90 Å². The molecule has 0 unspecified atom stereocenters. The maximum absolute atomic E-state index is 5.54. The van der Waals surface area contributed by atoms with Crippen LogP contribution in [0.2, 0.25) is 0 Å². The average Bonchev–Trinajstić information content (AvgIpc) is 2.62. The highest BCUT2D eigenvalue weighted by Gasteiger charge is 1.98. The zero-order valence-electron chi connectivity index (χ0n) is 17.9. The Morgan fingerprint density at radius 1 is 0.480 bits per heavy atom. The van der Waals surface area contributed by atoms with E-state index in [0.29, 0.717) is 0 Å². The van der Waals surface area contributed by atoms with Gasteiger partial charge in [0.15, 0.2) is 0 Å². The summed E-state index contributed by atoms with van der Waals surface area (Å²) in [6.07, 6.45) is 25.8. The molecular formula is C23H50N2. The van der Waals surface area contributed by atoms with Gasteiger partial charge in [-0.3, -0.25) is 0 Å². The molecule has 152 valence electrons. The number of hydrogen-bond donors (Lipinski definition) is 1. The van der Waals surface area contributed by atoms with Crippen molar-refractivity contribution in [1.29, 1.82) is 0 Å². The first-order valence-corrected chi connectivity index (χ1v) is 11.7. The smallest absolute Gasteiger partial charge is 0.000977 e. The third kappa shape index (κ3) is 21.9. The van der Waals surface area contributed by atoms with Crippen LogP contribution in [0.15, 0.2) is 0 Å². The van der Waals surface area contributed by atoms with E-state index in [1.807, 2.05) is 0 Å². The Labute approximate surface area is 160 Å². The monoisotopic (exact) mass is 354 g/mol. The van der Waals surface area contributed by atoms with Crippen LogP contribution in [0, 0.1) is 0 Å². The van der Waals surface area contributed by atoms with Gasteiger partial charge in [-0.15, -0.1) is 0 Å². The maximum Gasteiger partial charge on any atom is -0.000977 e. The Bertz CT molecular complexity index is 230. The maximum atomic E-state index is 5.54. The van der Waals surface area contributed by atoms with Gasteiger partial charge in [0.1, 0.15) is 0 Å². The molecule has 0 fully saturated rings. The summed E-state index contributed by atoms with van der Waals surface area (Å²) in [6.45, 7) is 5.53. The van der Waals surface area contributed by atoms with Crippen LogP contribution in [0.5, 0.6) is 0 Å². The van der Waals surface area contributed by atoms with E-state index in [0.717, 1.165) is 19.5 Å². The topological polar surface area (TPSA) is 29.3 Å². The predicted molar refractivity (Wildman–Crippen MR) is 115 cm³/mol. The predicted octanol–water partition coefficient (Wildman–Crippen LogP) is 6.92. The summed E-state index contributed by atoms with van der Waals surface area (Å²) in [6, 6.07) is 0. The summed E-state index contributed by atoms with van der Waals surface area (Å²) in [5, 5.41) is 0. The zero-order chi connectivity index (χ0) is 18.4. The molecule has 0 aliphatic rings. The van der Waals surface area contributed by atoms with Gasteiger partial charge in [-0.05, 0) is 39.5 Å². The molecule has 0 aromatic heterocycles. The Balaban J connectivity index is 3.03. The Morgan fingerprint density at radius 3 is 1.16 bits per heavy atom. The van der Waals surface area contributed by atoms with Gasteiger partial charge < -0.3 is 10.6 Å². The minimum absolute atomic E-state index is 0.823. The van der Waals surface area contributed by atoms with Gasteiger partial charge >= 0.3 is 0 Å². The molecule has 2 nitrogen and oxygen atoms in total. The van der Waals surface area contributed by atoms with Crippen LogP contribution in [0.4, 0.5) is 0 Å². The first-order chi connectivity index (χ1) is 12.3. The second-order valence-electron chi connectivity index (χ2n) is 8.10. The number of hydrogen-bond acceptors (Lipinski definition) is 2. The summed E-state index contributed by atoms with van der Waals surface area (Å²) >= 11 is 0.